The number of carboxylic acid groups (broad SMARTS) is 1. The summed E-state index contributed by atoms with van der Waals surface area (Å²) >= 11 is 0. The van der Waals surface area contributed by atoms with E-state index in [0.29, 0.717) is 0 Å². The van der Waals surface area contributed by atoms with Crippen molar-refractivity contribution in [3.8, 4) is 0 Å². The van der Waals surface area contributed by atoms with Crippen molar-refractivity contribution >= 4 is 21.7 Å². The standard InChI is InChI=1S/C14H17NO6S/c1-2-22(19,20)11-5-3-10(4-6-11)13(16)15-7-8-21-9-12(15)14(17)18/h3-6,12H,2,7-9H2,1H3,(H,17,18). The summed E-state index contributed by atoms with van der Waals surface area (Å²) in [6.45, 7) is 1.95. The monoisotopic (exact) mass is 327 g/mol. The minimum absolute atomic E-state index is 0.0230. The number of sulfone groups is 1. The van der Waals surface area contributed by atoms with Crippen LogP contribution in [0.1, 0.15) is 17.3 Å². The molecule has 1 fully saturated rings. The van der Waals surface area contributed by atoms with Crippen LogP contribution in [-0.2, 0) is 19.4 Å². The molecule has 0 aliphatic carbocycles. The predicted octanol–water partition coefficient (Wildman–Crippen LogP) is 0.406. The Bertz CT molecular complexity index is 667. The van der Waals surface area contributed by atoms with Gasteiger partial charge in [-0.25, -0.2) is 13.2 Å². The van der Waals surface area contributed by atoms with Crippen LogP contribution in [0, 0.1) is 0 Å². The predicted molar refractivity (Wildman–Crippen MR) is 77.4 cm³/mol. The fourth-order valence-electron chi connectivity index (χ4n) is 2.19. The van der Waals surface area contributed by atoms with Gasteiger partial charge in [-0.1, -0.05) is 6.92 Å². The summed E-state index contributed by atoms with van der Waals surface area (Å²) in [6, 6.07) is 4.50. The molecule has 1 aliphatic heterocycles. The van der Waals surface area contributed by atoms with Gasteiger partial charge in [0.25, 0.3) is 5.91 Å². The molecule has 1 aliphatic rings. The lowest BCUT2D eigenvalue weighted by Crippen LogP contribution is -2.52. The number of rotatable bonds is 4. The lowest BCUT2D eigenvalue weighted by Gasteiger charge is -2.32. The molecule has 1 atom stereocenters. The van der Waals surface area contributed by atoms with Crippen molar-refractivity contribution in [3.63, 3.8) is 0 Å². The number of ether oxygens (including phenoxy) is 1. The van der Waals surface area contributed by atoms with E-state index >= 15 is 0 Å². The minimum Gasteiger partial charge on any atom is -0.480 e. The zero-order valence-corrected chi connectivity index (χ0v) is 12.9. The average molecular weight is 327 g/mol. The van der Waals surface area contributed by atoms with Crippen LogP contribution in [0.15, 0.2) is 29.2 Å². The number of nitrogens with zero attached hydrogens (tertiary/aromatic N) is 1. The third-order valence-corrected chi connectivity index (χ3v) is 5.27. The molecule has 0 spiro atoms. The first kappa shape index (κ1) is 16.4. The molecule has 1 aromatic carbocycles. The molecule has 0 saturated carbocycles. The first-order chi connectivity index (χ1) is 10.4. The summed E-state index contributed by atoms with van der Waals surface area (Å²) in [6.07, 6.45) is 0. The third-order valence-electron chi connectivity index (χ3n) is 3.51. The second kappa shape index (κ2) is 6.45. The molecule has 1 aromatic rings. The maximum atomic E-state index is 12.4. The van der Waals surface area contributed by atoms with Gasteiger partial charge in [-0.05, 0) is 24.3 Å². The normalized spacial score (nSPS) is 19.0. The number of hydrogen-bond acceptors (Lipinski definition) is 5. The quantitative estimate of drug-likeness (QED) is 0.859. The van der Waals surface area contributed by atoms with Crippen molar-refractivity contribution in [1.82, 2.24) is 4.90 Å². The highest BCUT2D eigenvalue weighted by atomic mass is 32.2. The van der Waals surface area contributed by atoms with Crippen LogP contribution in [-0.4, -0.2) is 61.9 Å². The maximum absolute atomic E-state index is 12.4. The van der Waals surface area contributed by atoms with E-state index in [1.807, 2.05) is 0 Å². The fourth-order valence-corrected chi connectivity index (χ4v) is 3.07. The molecule has 120 valence electrons. The summed E-state index contributed by atoms with van der Waals surface area (Å²) in [5.74, 6) is -1.60. The van der Waals surface area contributed by atoms with Gasteiger partial charge in [-0.2, -0.15) is 0 Å². The van der Waals surface area contributed by atoms with E-state index in [1.54, 1.807) is 6.92 Å². The fraction of sp³-hybridized carbons (Fsp3) is 0.429. The molecule has 1 amide bonds. The summed E-state index contributed by atoms with van der Waals surface area (Å²) in [4.78, 5) is 24.9. The van der Waals surface area contributed by atoms with Gasteiger partial charge in [0.1, 0.15) is 0 Å². The summed E-state index contributed by atoms with van der Waals surface area (Å²) < 4.78 is 28.6. The van der Waals surface area contributed by atoms with E-state index in [2.05, 4.69) is 0 Å². The van der Waals surface area contributed by atoms with Crippen LogP contribution in [0.5, 0.6) is 0 Å². The van der Waals surface area contributed by atoms with Crippen LogP contribution in [0.4, 0.5) is 0 Å². The Kier molecular flexibility index (Phi) is 4.82. The topological polar surface area (TPSA) is 101 Å². The van der Waals surface area contributed by atoms with Crippen LogP contribution < -0.4 is 0 Å². The van der Waals surface area contributed by atoms with E-state index in [9.17, 15) is 18.0 Å². The van der Waals surface area contributed by atoms with Crippen LogP contribution in [0.3, 0.4) is 0 Å². The van der Waals surface area contributed by atoms with E-state index in [0.717, 1.165) is 0 Å². The van der Waals surface area contributed by atoms with Crippen LogP contribution in [0.2, 0.25) is 0 Å². The molecule has 22 heavy (non-hydrogen) atoms. The van der Waals surface area contributed by atoms with Gasteiger partial charge in [0.15, 0.2) is 15.9 Å². The van der Waals surface area contributed by atoms with Gasteiger partial charge < -0.3 is 14.7 Å². The molecule has 7 nitrogen and oxygen atoms in total. The molecule has 1 N–H and O–H groups in total. The third kappa shape index (κ3) is 3.28. The molecule has 1 saturated heterocycles. The number of hydrogen-bond donors (Lipinski definition) is 1. The van der Waals surface area contributed by atoms with Crippen molar-refractivity contribution in [3.05, 3.63) is 29.8 Å². The van der Waals surface area contributed by atoms with Crippen LogP contribution >= 0.6 is 0 Å². The van der Waals surface area contributed by atoms with Gasteiger partial charge in [-0.15, -0.1) is 0 Å². The number of aliphatic carboxylic acids is 1. The SMILES string of the molecule is CCS(=O)(=O)c1ccc(C(=O)N2CCOCC2C(=O)O)cc1. The van der Waals surface area contributed by atoms with Gasteiger partial charge in [-0.3, -0.25) is 4.79 Å². The Morgan fingerprint density at radius 2 is 1.95 bits per heavy atom. The number of morpholine rings is 1. The Morgan fingerprint density at radius 1 is 1.32 bits per heavy atom. The Morgan fingerprint density at radius 3 is 2.50 bits per heavy atom. The molecule has 1 heterocycles. The highest BCUT2D eigenvalue weighted by Crippen LogP contribution is 2.16. The second-order valence-electron chi connectivity index (χ2n) is 4.86. The van der Waals surface area contributed by atoms with Gasteiger partial charge in [0.05, 0.1) is 23.9 Å². The van der Waals surface area contributed by atoms with E-state index in [1.165, 1.54) is 29.2 Å². The Balaban J connectivity index is 2.24. The van der Waals surface area contributed by atoms with Gasteiger partial charge >= 0.3 is 5.97 Å². The molecule has 0 aromatic heterocycles. The summed E-state index contributed by atoms with van der Waals surface area (Å²) in [7, 11) is -3.33. The van der Waals surface area contributed by atoms with Crippen LogP contribution in [0.25, 0.3) is 0 Å². The van der Waals surface area contributed by atoms with Crippen molar-refractivity contribution < 1.29 is 27.9 Å². The molecular weight excluding hydrogens is 310 g/mol. The average Bonchev–Trinajstić information content (AvgIpc) is 2.54. The first-order valence-corrected chi connectivity index (χ1v) is 8.46. The Labute approximate surface area is 128 Å². The number of carboxylic acids is 1. The molecule has 0 radical (unpaired) electrons. The lowest BCUT2D eigenvalue weighted by atomic mass is 10.1. The zero-order chi connectivity index (χ0) is 16.3. The molecule has 2 rings (SSSR count). The minimum atomic E-state index is -3.33. The van der Waals surface area contributed by atoms with E-state index in [4.69, 9.17) is 9.84 Å². The van der Waals surface area contributed by atoms with Crippen molar-refractivity contribution in [2.45, 2.75) is 17.9 Å². The number of carbonyl (C=O) groups is 2. The lowest BCUT2D eigenvalue weighted by molar-refractivity contribution is -0.147. The second-order valence-corrected chi connectivity index (χ2v) is 7.13. The number of amides is 1. The summed E-state index contributed by atoms with van der Waals surface area (Å²) in [5.41, 5.74) is 0.253. The maximum Gasteiger partial charge on any atom is 0.328 e. The van der Waals surface area contributed by atoms with Crippen molar-refractivity contribution in [2.24, 2.45) is 0 Å². The highest BCUT2D eigenvalue weighted by Gasteiger charge is 2.33. The Hall–Kier alpha value is -1.93. The number of benzene rings is 1. The molecule has 0 bridgehead atoms. The van der Waals surface area contributed by atoms with Crippen molar-refractivity contribution in [2.75, 3.05) is 25.5 Å². The highest BCUT2D eigenvalue weighted by molar-refractivity contribution is 7.91. The van der Waals surface area contributed by atoms with E-state index in [-0.39, 0.29) is 36.0 Å². The zero-order valence-electron chi connectivity index (χ0n) is 12.1. The molecular formula is C14H17NO6S. The smallest absolute Gasteiger partial charge is 0.328 e. The molecule has 1 unspecified atom stereocenters. The van der Waals surface area contributed by atoms with Gasteiger partial charge in [0.2, 0.25) is 0 Å². The molecule has 8 heteroatoms. The first-order valence-electron chi connectivity index (χ1n) is 6.81. The van der Waals surface area contributed by atoms with E-state index < -0.39 is 27.8 Å². The largest absolute Gasteiger partial charge is 0.480 e. The van der Waals surface area contributed by atoms with Crippen molar-refractivity contribution in [1.29, 1.82) is 0 Å². The number of carbonyl (C=O) groups excluding carboxylic acids is 1. The van der Waals surface area contributed by atoms with Gasteiger partial charge in [0, 0.05) is 12.1 Å². The summed E-state index contributed by atoms with van der Waals surface area (Å²) in [5, 5.41) is 9.13.